The molecule has 2 aromatic rings. The number of ether oxygens (including phenoxy) is 4. The van der Waals surface area contributed by atoms with Crippen molar-refractivity contribution in [3.05, 3.63) is 66.2 Å². The van der Waals surface area contributed by atoms with Crippen molar-refractivity contribution in [2.24, 2.45) is 0 Å². The molecule has 36 heavy (non-hydrogen) atoms. The van der Waals surface area contributed by atoms with Crippen molar-refractivity contribution < 1.29 is 38.4 Å². The quantitative estimate of drug-likeness (QED) is 0.459. The Labute approximate surface area is 213 Å². The van der Waals surface area contributed by atoms with Gasteiger partial charge in [-0.3, -0.25) is 14.4 Å². The Balaban J connectivity index is 1.57. The zero-order chi connectivity index (χ0) is 25.7. The van der Waals surface area contributed by atoms with E-state index in [9.17, 15) is 19.5 Å². The van der Waals surface area contributed by atoms with E-state index in [2.05, 4.69) is 5.32 Å². The van der Waals surface area contributed by atoms with Crippen LogP contribution in [0.25, 0.3) is 0 Å². The van der Waals surface area contributed by atoms with E-state index in [4.69, 9.17) is 18.9 Å². The zero-order valence-electron chi connectivity index (χ0n) is 20.0. The lowest BCUT2D eigenvalue weighted by Gasteiger charge is -2.53. The Hall–Kier alpha value is -2.92. The minimum Gasteiger partial charge on any atom is -0.460 e. The molecule has 3 aliphatic heterocycles. The molecule has 2 N–H and O–H groups in total. The van der Waals surface area contributed by atoms with Gasteiger partial charge in [0.15, 0.2) is 6.10 Å². The number of carbonyl (C=O) groups excluding carboxylic acids is 3. The highest BCUT2D eigenvalue weighted by Gasteiger charge is 2.62. The summed E-state index contributed by atoms with van der Waals surface area (Å²) >= 11 is 1.18. The Morgan fingerprint density at radius 2 is 1.78 bits per heavy atom. The van der Waals surface area contributed by atoms with Gasteiger partial charge in [0.1, 0.15) is 18.3 Å². The summed E-state index contributed by atoms with van der Waals surface area (Å²) in [5.41, 5.74) is 0.919. The van der Waals surface area contributed by atoms with Crippen LogP contribution in [0.4, 0.5) is 0 Å². The van der Waals surface area contributed by atoms with Gasteiger partial charge in [0.05, 0.1) is 19.3 Å². The van der Waals surface area contributed by atoms with E-state index < -0.39 is 47.3 Å². The third-order valence-electron chi connectivity index (χ3n) is 5.94. The number of carbonyl (C=O) groups is 3. The molecule has 0 aliphatic carbocycles. The fourth-order valence-corrected chi connectivity index (χ4v) is 5.67. The van der Waals surface area contributed by atoms with Crippen LogP contribution in [0.15, 0.2) is 65.6 Å². The number of nitrogens with one attached hydrogen (secondary N) is 1. The third kappa shape index (κ3) is 6.07. The summed E-state index contributed by atoms with van der Waals surface area (Å²) in [6.07, 6.45) is -4.08. The van der Waals surface area contributed by atoms with Crippen LogP contribution >= 0.6 is 11.8 Å². The van der Waals surface area contributed by atoms with Crippen LogP contribution in [0.1, 0.15) is 25.8 Å². The van der Waals surface area contributed by atoms with Gasteiger partial charge in [-0.1, -0.05) is 60.3 Å². The highest BCUT2D eigenvalue weighted by atomic mass is 32.2. The fourth-order valence-electron chi connectivity index (χ4n) is 4.44. The topological polar surface area (TPSA) is 120 Å². The van der Waals surface area contributed by atoms with Crippen molar-refractivity contribution in [1.82, 2.24) is 5.32 Å². The summed E-state index contributed by atoms with van der Waals surface area (Å²) in [6, 6.07) is 17.8. The minimum atomic E-state index is -1.45. The van der Waals surface area contributed by atoms with Crippen LogP contribution in [0.5, 0.6) is 0 Å². The summed E-state index contributed by atoms with van der Waals surface area (Å²) in [4.78, 5) is 36.3. The second-order valence-electron chi connectivity index (χ2n) is 8.74. The molecule has 3 heterocycles. The molecule has 0 spiro atoms. The largest absolute Gasteiger partial charge is 0.460 e. The van der Waals surface area contributed by atoms with Crippen LogP contribution in [-0.4, -0.2) is 64.9 Å². The molecule has 9 nitrogen and oxygen atoms in total. The first kappa shape index (κ1) is 26.2. The molecule has 3 fully saturated rings. The standard InChI is InChI=1S/C26H29NO8S/c1-16(28)33-21-13-26(36-19-11-7-4-8-12-19)25(31)27-22(21)24(35-26)23(34-17(2)29)20(30)15-32-14-18-9-5-3-6-10-18/h3-12,20-24,30H,13-15H2,1-2H3,(H,27,31)/t20-,21+,22+,23-,24-,26-/m1/s1. The number of rotatable bonds is 10. The highest BCUT2D eigenvalue weighted by Crippen LogP contribution is 2.48. The number of aliphatic hydroxyl groups excluding tert-OH is 1. The molecule has 2 bridgehead atoms. The maximum Gasteiger partial charge on any atom is 0.303 e. The van der Waals surface area contributed by atoms with Crippen LogP contribution in [0, 0.1) is 0 Å². The Morgan fingerprint density at radius 1 is 1.11 bits per heavy atom. The summed E-state index contributed by atoms with van der Waals surface area (Å²) in [5, 5.41) is 13.9. The van der Waals surface area contributed by atoms with Gasteiger partial charge in [-0.15, -0.1) is 0 Å². The smallest absolute Gasteiger partial charge is 0.303 e. The highest BCUT2D eigenvalue weighted by molar-refractivity contribution is 8.01. The molecular weight excluding hydrogens is 486 g/mol. The maximum absolute atomic E-state index is 13.1. The van der Waals surface area contributed by atoms with E-state index in [1.807, 2.05) is 60.7 Å². The average molecular weight is 516 g/mol. The molecule has 0 radical (unpaired) electrons. The molecular formula is C26H29NO8S. The molecule has 3 aliphatic rings. The van der Waals surface area contributed by atoms with Crippen molar-refractivity contribution in [3.63, 3.8) is 0 Å². The molecule has 0 aromatic heterocycles. The van der Waals surface area contributed by atoms with E-state index >= 15 is 0 Å². The minimum absolute atomic E-state index is 0.104. The number of hydrogen-bond donors (Lipinski definition) is 2. The maximum atomic E-state index is 13.1. The van der Waals surface area contributed by atoms with Gasteiger partial charge in [-0.2, -0.15) is 0 Å². The molecule has 10 heteroatoms. The van der Waals surface area contributed by atoms with Gasteiger partial charge in [-0.25, -0.2) is 0 Å². The van der Waals surface area contributed by atoms with Gasteiger partial charge in [0, 0.05) is 25.2 Å². The number of amides is 1. The monoisotopic (exact) mass is 515 g/mol. The Kier molecular flexibility index (Phi) is 8.30. The van der Waals surface area contributed by atoms with E-state index in [1.165, 1.54) is 25.6 Å². The molecule has 1 amide bonds. The number of esters is 2. The fraction of sp³-hybridized carbons (Fsp3) is 0.423. The molecule has 0 saturated carbocycles. The molecule has 6 atom stereocenters. The van der Waals surface area contributed by atoms with E-state index in [1.54, 1.807) is 0 Å². The first-order chi connectivity index (χ1) is 17.3. The number of fused-ring (bicyclic) bond motifs is 3. The number of aliphatic hydroxyl groups is 1. The molecule has 5 rings (SSSR count). The van der Waals surface area contributed by atoms with Crippen molar-refractivity contribution in [2.75, 3.05) is 6.61 Å². The van der Waals surface area contributed by atoms with E-state index in [0.717, 1.165) is 10.5 Å². The van der Waals surface area contributed by atoms with Crippen molar-refractivity contribution in [2.45, 2.75) is 67.2 Å². The van der Waals surface area contributed by atoms with Crippen LogP contribution in [0.3, 0.4) is 0 Å². The normalized spacial score (nSPS) is 26.5. The summed E-state index contributed by atoms with van der Waals surface area (Å²) in [7, 11) is 0. The number of piperidine rings is 1. The first-order valence-corrected chi connectivity index (χ1v) is 12.5. The van der Waals surface area contributed by atoms with Crippen LogP contribution in [-0.2, 0) is 39.9 Å². The lowest BCUT2D eigenvalue weighted by Crippen LogP contribution is -2.75. The summed E-state index contributed by atoms with van der Waals surface area (Å²) in [5.74, 6) is -1.53. The first-order valence-electron chi connectivity index (χ1n) is 11.6. The average Bonchev–Trinajstić information content (AvgIpc) is 2.84. The third-order valence-corrected chi connectivity index (χ3v) is 7.23. The van der Waals surface area contributed by atoms with Gasteiger partial charge < -0.3 is 29.4 Å². The van der Waals surface area contributed by atoms with Crippen LogP contribution in [0.2, 0.25) is 0 Å². The summed E-state index contributed by atoms with van der Waals surface area (Å²) in [6.45, 7) is 2.61. The number of benzene rings is 2. The predicted molar refractivity (Wildman–Crippen MR) is 130 cm³/mol. The Bertz CT molecular complexity index is 1070. The number of thioether (sulfide) groups is 1. The lowest BCUT2D eigenvalue weighted by atomic mass is 9.85. The molecule has 192 valence electrons. The van der Waals surface area contributed by atoms with Gasteiger partial charge >= 0.3 is 11.9 Å². The van der Waals surface area contributed by atoms with Gasteiger partial charge in [-0.05, 0) is 17.7 Å². The number of hydrogen-bond acceptors (Lipinski definition) is 9. The summed E-state index contributed by atoms with van der Waals surface area (Å²) < 4.78 is 23.0. The number of morpholine rings is 1. The van der Waals surface area contributed by atoms with Crippen LogP contribution < -0.4 is 5.32 Å². The van der Waals surface area contributed by atoms with E-state index in [-0.39, 0.29) is 25.5 Å². The van der Waals surface area contributed by atoms with Crippen molar-refractivity contribution >= 4 is 29.6 Å². The zero-order valence-corrected chi connectivity index (χ0v) is 20.8. The second kappa shape index (κ2) is 11.4. The van der Waals surface area contributed by atoms with Gasteiger partial charge in [0.2, 0.25) is 4.93 Å². The van der Waals surface area contributed by atoms with E-state index in [0.29, 0.717) is 0 Å². The predicted octanol–water partition coefficient (Wildman–Crippen LogP) is 2.20. The lowest BCUT2D eigenvalue weighted by molar-refractivity contribution is -0.229. The van der Waals surface area contributed by atoms with Gasteiger partial charge in [0.25, 0.3) is 5.91 Å². The second-order valence-corrected chi connectivity index (χ2v) is 10.1. The van der Waals surface area contributed by atoms with Crippen molar-refractivity contribution in [3.8, 4) is 0 Å². The molecule has 2 aromatic carbocycles. The molecule has 0 unspecified atom stereocenters. The molecule has 3 saturated heterocycles. The Morgan fingerprint density at radius 3 is 2.42 bits per heavy atom. The SMILES string of the molecule is CC(=O)O[C@@H]([C@@H]1O[C@@]2(Sc3ccccc3)C[C@H](OC(C)=O)[C@@H]1NC2=O)[C@H](O)COCc1ccccc1. The van der Waals surface area contributed by atoms with Crippen molar-refractivity contribution in [1.29, 1.82) is 0 Å².